The van der Waals surface area contributed by atoms with Gasteiger partial charge in [0.2, 0.25) is 5.91 Å². The second-order valence-electron chi connectivity index (χ2n) is 4.47. The van der Waals surface area contributed by atoms with Gasteiger partial charge in [-0.2, -0.15) is 0 Å². The lowest BCUT2D eigenvalue weighted by atomic mass is 10.1. The van der Waals surface area contributed by atoms with Gasteiger partial charge < -0.3 is 14.8 Å². The summed E-state index contributed by atoms with van der Waals surface area (Å²) in [4.78, 5) is 13.1. The predicted octanol–water partition coefficient (Wildman–Crippen LogP) is 2.62. The molecule has 1 unspecified atom stereocenters. The minimum Gasteiger partial charge on any atom is -0.382 e. The summed E-state index contributed by atoms with van der Waals surface area (Å²) in [5.74, 6) is -0.131. The lowest BCUT2D eigenvalue weighted by Crippen LogP contribution is -2.32. The first-order valence-electron chi connectivity index (χ1n) is 6.75. The molecule has 0 bridgehead atoms. The lowest BCUT2D eigenvalue weighted by Gasteiger charge is -2.18. The highest BCUT2D eigenvalue weighted by molar-refractivity contribution is 7.10. The van der Waals surface area contributed by atoms with Gasteiger partial charge in [0.15, 0.2) is 0 Å². The predicted molar refractivity (Wildman–Crippen MR) is 83.4 cm³/mol. The van der Waals surface area contributed by atoms with Crippen molar-refractivity contribution in [2.45, 2.75) is 6.04 Å². The van der Waals surface area contributed by atoms with Crippen LogP contribution in [0.4, 0.5) is 0 Å². The molecule has 1 heterocycles. The van der Waals surface area contributed by atoms with E-state index >= 15 is 0 Å². The molecule has 1 aromatic heterocycles. The van der Waals surface area contributed by atoms with Crippen molar-refractivity contribution in [3.8, 4) is 0 Å². The number of methoxy groups -OCH3 is 1. The van der Waals surface area contributed by atoms with Gasteiger partial charge in [0, 0.05) is 12.0 Å². The molecule has 2 aromatic rings. The Hall–Kier alpha value is -1.69. The second-order valence-corrected chi connectivity index (χ2v) is 5.45. The van der Waals surface area contributed by atoms with Crippen molar-refractivity contribution in [2.24, 2.45) is 0 Å². The molecule has 1 N–H and O–H groups in total. The Kier molecular flexibility index (Phi) is 6.40. The minimum absolute atomic E-state index is 0.0398. The highest BCUT2D eigenvalue weighted by atomic mass is 32.1. The number of ether oxygens (including phenoxy) is 2. The molecule has 112 valence electrons. The third kappa shape index (κ3) is 4.97. The normalized spacial score (nSPS) is 12.0. The zero-order chi connectivity index (χ0) is 14.9. The van der Waals surface area contributed by atoms with E-state index < -0.39 is 0 Å². The Morgan fingerprint density at radius 3 is 2.67 bits per heavy atom. The Morgan fingerprint density at radius 2 is 2.00 bits per heavy atom. The fraction of sp³-hybridized carbons (Fsp3) is 0.312. The van der Waals surface area contributed by atoms with E-state index in [2.05, 4.69) is 5.32 Å². The Morgan fingerprint density at radius 1 is 1.19 bits per heavy atom. The van der Waals surface area contributed by atoms with E-state index in [9.17, 15) is 4.79 Å². The maximum absolute atomic E-state index is 12.0. The van der Waals surface area contributed by atoms with Crippen LogP contribution in [-0.4, -0.2) is 32.8 Å². The average Bonchev–Trinajstić information content (AvgIpc) is 3.04. The van der Waals surface area contributed by atoms with Gasteiger partial charge in [0.05, 0.1) is 19.3 Å². The molecule has 0 fully saturated rings. The standard InChI is InChI=1S/C16H19NO3S/c1-19-9-10-20-12-15(18)17-16(14-8-5-11-21-14)13-6-3-2-4-7-13/h2-8,11,16H,9-10,12H2,1H3,(H,17,18). The van der Waals surface area contributed by atoms with Crippen LogP contribution < -0.4 is 5.32 Å². The number of rotatable bonds is 8. The molecule has 4 nitrogen and oxygen atoms in total. The van der Waals surface area contributed by atoms with E-state index in [1.807, 2.05) is 47.8 Å². The van der Waals surface area contributed by atoms with Crippen molar-refractivity contribution in [3.63, 3.8) is 0 Å². The van der Waals surface area contributed by atoms with Crippen LogP contribution >= 0.6 is 11.3 Å². The molecule has 21 heavy (non-hydrogen) atoms. The summed E-state index contributed by atoms with van der Waals surface area (Å²) in [5, 5.41) is 5.02. The number of hydrogen-bond acceptors (Lipinski definition) is 4. The first-order valence-corrected chi connectivity index (χ1v) is 7.63. The van der Waals surface area contributed by atoms with Crippen LogP contribution in [0.1, 0.15) is 16.5 Å². The summed E-state index contributed by atoms with van der Waals surface area (Å²) in [6, 6.07) is 13.8. The van der Waals surface area contributed by atoms with Crippen LogP contribution in [0.3, 0.4) is 0 Å². The largest absolute Gasteiger partial charge is 0.382 e. The van der Waals surface area contributed by atoms with Crippen LogP contribution in [0.5, 0.6) is 0 Å². The molecule has 1 amide bonds. The maximum atomic E-state index is 12.0. The van der Waals surface area contributed by atoms with Crippen LogP contribution in [0.2, 0.25) is 0 Å². The van der Waals surface area contributed by atoms with Gasteiger partial charge in [-0.15, -0.1) is 11.3 Å². The average molecular weight is 305 g/mol. The maximum Gasteiger partial charge on any atom is 0.246 e. The number of thiophene rings is 1. The van der Waals surface area contributed by atoms with Crippen molar-refractivity contribution in [3.05, 3.63) is 58.3 Å². The molecule has 1 atom stereocenters. The Bertz CT molecular complexity index is 528. The summed E-state index contributed by atoms with van der Waals surface area (Å²) in [6.45, 7) is 0.942. The fourth-order valence-electron chi connectivity index (χ4n) is 1.93. The molecule has 0 aliphatic rings. The third-order valence-electron chi connectivity index (χ3n) is 2.93. The van der Waals surface area contributed by atoms with E-state index in [-0.39, 0.29) is 18.6 Å². The van der Waals surface area contributed by atoms with Crippen molar-refractivity contribution < 1.29 is 14.3 Å². The summed E-state index contributed by atoms with van der Waals surface area (Å²) in [6.07, 6.45) is 0. The minimum atomic E-state index is -0.135. The van der Waals surface area contributed by atoms with Crippen LogP contribution in [0, 0.1) is 0 Å². The molecule has 0 radical (unpaired) electrons. The van der Waals surface area contributed by atoms with Crippen LogP contribution in [0.25, 0.3) is 0 Å². The number of nitrogens with one attached hydrogen (secondary N) is 1. The monoisotopic (exact) mass is 305 g/mol. The topological polar surface area (TPSA) is 47.6 Å². The van der Waals surface area contributed by atoms with Crippen LogP contribution in [0.15, 0.2) is 47.8 Å². The van der Waals surface area contributed by atoms with E-state index in [1.54, 1.807) is 18.4 Å². The van der Waals surface area contributed by atoms with E-state index in [1.165, 1.54) is 0 Å². The smallest absolute Gasteiger partial charge is 0.246 e. The number of carbonyl (C=O) groups is 1. The summed E-state index contributed by atoms with van der Waals surface area (Å²) < 4.78 is 10.1. The SMILES string of the molecule is COCCOCC(=O)NC(c1ccccc1)c1cccs1. The third-order valence-corrected chi connectivity index (χ3v) is 3.87. The molecule has 0 spiro atoms. The highest BCUT2D eigenvalue weighted by Crippen LogP contribution is 2.25. The lowest BCUT2D eigenvalue weighted by molar-refractivity contribution is -0.126. The first-order chi connectivity index (χ1) is 10.3. The molecule has 1 aromatic carbocycles. The number of hydrogen-bond donors (Lipinski definition) is 1. The van der Waals surface area contributed by atoms with Gasteiger partial charge in [-0.05, 0) is 17.0 Å². The van der Waals surface area contributed by atoms with Crippen LogP contribution in [-0.2, 0) is 14.3 Å². The van der Waals surface area contributed by atoms with E-state index in [4.69, 9.17) is 9.47 Å². The summed E-state index contributed by atoms with van der Waals surface area (Å²) in [7, 11) is 1.60. The molecule has 5 heteroatoms. The number of benzene rings is 1. The molecule has 0 aliphatic heterocycles. The Balaban J connectivity index is 1.99. The van der Waals surface area contributed by atoms with Gasteiger partial charge in [-0.1, -0.05) is 36.4 Å². The van der Waals surface area contributed by atoms with Crippen molar-refractivity contribution in [1.29, 1.82) is 0 Å². The molecule has 0 saturated heterocycles. The molecular formula is C16H19NO3S. The quantitative estimate of drug-likeness (QED) is 0.763. The molecule has 0 aliphatic carbocycles. The fourth-order valence-corrected chi connectivity index (χ4v) is 2.73. The van der Waals surface area contributed by atoms with Gasteiger partial charge in [-0.3, -0.25) is 4.79 Å². The van der Waals surface area contributed by atoms with E-state index in [0.717, 1.165) is 10.4 Å². The van der Waals surface area contributed by atoms with Gasteiger partial charge in [0.1, 0.15) is 6.61 Å². The van der Waals surface area contributed by atoms with Crippen molar-refractivity contribution in [1.82, 2.24) is 5.32 Å². The Labute approximate surface area is 128 Å². The molecular weight excluding hydrogens is 286 g/mol. The van der Waals surface area contributed by atoms with Gasteiger partial charge in [-0.25, -0.2) is 0 Å². The van der Waals surface area contributed by atoms with Gasteiger partial charge >= 0.3 is 0 Å². The second kappa shape index (κ2) is 8.56. The summed E-state index contributed by atoms with van der Waals surface area (Å²) >= 11 is 1.62. The number of amides is 1. The zero-order valence-corrected chi connectivity index (χ0v) is 12.8. The first kappa shape index (κ1) is 15.7. The highest BCUT2D eigenvalue weighted by Gasteiger charge is 2.17. The molecule has 0 saturated carbocycles. The van der Waals surface area contributed by atoms with Crippen molar-refractivity contribution in [2.75, 3.05) is 26.9 Å². The van der Waals surface area contributed by atoms with Gasteiger partial charge in [0.25, 0.3) is 0 Å². The summed E-state index contributed by atoms with van der Waals surface area (Å²) in [5.41, 5.74) is 1.06. The zero-order valence-electron chi connectivity index (χ0n) is 12.0. The number of carbonyl (C=O) groups excluding carboxylic acids is 1. The molecule has 2 rings (SSSR count). The van der Waals surface area contributed by atoms with Crippen molar-refractivity contribution >= 4 is 17.2 Å². The van der Waals surface area contributed by atoms with E-state index in [0.29, 0.717) is 13.2 Å².